The van der Waals surface area contributed by atoms with Crippen LogP contribution in [-0.4, -0.2) is 38.4 Å². The molecule has 0 aliphatic heterocycles. The minimum atomic E-state index is -1.58. The number of carboxylic acid groups (broad SMARTS) is 2. The maximum Gasteiger partial charge on any atom is 0.372 e. The molecule has 8 nitrogen and oxygen atoms in total. The number of carboxylic acids is 2. The SMILES string of the molecule is N.O=C(O)CCC(=O)C(=O)O.OO. The molecule has 0 aromatic carbocycles. The van der Waals surface area contributed by atoms with E-state index < -0.39 is 30.6 Å². The molecule has 0 aromatic rings. The minimum Gasteiger partial charge on any atom is -0.481 e. The predicted molar refractivity (Wildman–Crippen MR) is 39.8 cm³/mol. The van der Waals surface area contributed by atoms with E-state index in [1.807, 2.05) is 0 Å². The van der Waals surface area contributed by atoms with Crippen molar-refractivity contribution < 1.29 is 35.1 Å². The van der Waals surface area contributed by atoms with Crippen molar-refractivity contribution in [1.29, 1.82) is 0 Å². The van der Waals surface area contributed by atoms with E-state index >= 15 is 0 Å². The van der Waals surface area contributed by atoms with Gasteiger partial charge in [0.25, 0.3) is 0 Å². The smallest absolute Gasteiger partial charge is 0.372 e. The first kappa shape index (κ1) is 17.5. The number of aliphatic carboxylic acids is 2. The van der Waals surface area contributed by atoms with Gasteiger partial charge < -0.3 is 16.4 Å². The second-order valence-electron chi connectivity index (χ2n) is 1.62. The van der Waals surface area contributed by atoms with Crippen LogP contribution in [0.5, 0.6) is 0 Å². The first-order valence-electron chi connectivity index (χ1n) is 2.72. The van der Waals surface area contributed by atoms with Gasteiger partial charge in [0.2, 0.25) is 5.78 Å². The normalized spacial score (nSPS) is 7.23. The molecule has 0 saturated carbocycles. The van der Waals surface area contributed by atoms with Crippen molar-refractivity contribution in [2.45, 2.75) is 12.8 Å². The molecule has 0 spiro atoms. The van der Waals surface area contributed by atoms with E-state index in [0.29, 0.717) is 0 Å². The highest BCUT2D eigenvalue weighted by atomic mass is 17.0. The van der Waals surface area contributed by atoms with Gasteiger partial charge in [-0.3, -0.25) is 20.1 Å². The fraction of sp³-hybridized carbons (Fsp3) is 0.400. The van der Waals surface area contributed by atoms with Crippen LogP contribution >= 0.6 is 0 Å². The molecule has 7 N–H and O–H groups in total. The summed E-state index contributed by atoms with van der Waals surface area (Å²) in [6.07, 6.45) is -0.865. The Kier molecular flexibility index (Phi) is 14.2. The van der Waals surface area contributed by atoms with Crippen LogP contribution in [0.4, 0.5) is 0 Å². The van der Waals surface area contributed by atoms with Crippen LogP contribution in [0, 0.1) is 0 Å². The number of hydrogen-bond acceptors (Lipinski definition) is 6. The van der Waals surface area contributed by atoms with Crippen molar-refractivity contribution in [2.24, 2.45) is 0 Å². The van der Waals surface area contributed by atoms with Gasteiger partial charge >= 0.3 is 11.9 Å². The summed E-state index contributed by atoms with van der Waals surface area (Å²) in [4.78, 5) is 29.7. The average Bonchev–Trinajstić information content (AvgIpc) is 2.03. The quantitative estimate of drug-likeness (QED) is 0.232. The summed E-state index contributed by atoms with van der Waals surface area (Å²) in [7, 11) is 0. The summed E-state index contributed by atoms with van der Waals surface area (Å²) >= 11 is 0. The van der Waals surface area contributed by atoms with E-state index in [-0.39, 0.29) is 6.15 Å². The van der Waals surface area contributed by atoms with Crippen molar-refractivity contribution >= 4 is 17.7 Å². The van der Waals surface area contributed by atoms with Crippen molar-refractivity contribution in [1.82, 2.24) is 6.15 Å². The first-order chi connectivity index (χ1) is 5.54. The number of carbonyl (C=O) groups excluding carboxylic acids is 1. The summed E-state index contributed by atoms with van der Waals surface area (Å²) in [5, 5.41) is 28.0. The van der Waals surface area contributed by atoms with Crippen LogP contribution in [0.3, 0.4) is 0 Å². The fourth-order valence-electron chi connectivity index (χ4n) is 0.327. The second kappa shape index (κ2) is 10.5. The Bertz CT molecular complexity index is 178. The van der Waals surface area contributed by atoms with Gasteiger partial charge in [-0.25, -0.2) is 4.79 Å². The fourth-order valence-corrected chi connectivity index (χ4v) is 0.327. The topological polar surface area (TPSA) is 167 Å². The van der Waals surface area contributed by atoms with Crippen LogP contribution in [0.15, 0.2) is 0 Å². The molecule has 0 radical (unpaired) electrons. The molecule has 0 fully saturated rings. The highest BCUT2D eigenvalue weighted by Gasteiger charge is 2.12. The first-order valence-corrected chi connectivity index (χ1v) is 2.72. The van der Waals surface area contributed by atoms with Gasteiger partial charge in [0, 0.05) is 6.42 Å². The van der Waals surface area contributed by atoms with E-state index in [1.165, 1.54) is 0 Å². The number of hydrogen-bond donors (Lipinski definition) is 5. The van der Waals surface area contributed by atoms with Gasteiger partial charge in [-0.15, -0.1) is 0 Å². The number of ketones is 1. The number of rotatable bonds is 4. The van der Waals surface area contributed by atoms with Gasteiger partial charge in [0.15, 0.2) is 0 Å². The highest BCUT2D eigenvalue weighted by Crippen LogP contribution is 1.89. The second-order valence-corrected chi connectivity index (χ2v) is 1.62. The summed E-state index contributed by atoms with van der Waals surface area (Å²) in [6.45, 7) is 0. The third kappa shape index (κ3) is 13.5. The van der Waals surface area contributed by atoms with Gasteiger partial charge in [-0.2, -0.15) is 0 Å². The summed E-state index contributed by atoms with van der Waals surface area (Å²) in [5.41, 5.74) is 0. The summed E-state index contributed by atoms with van der Waals surface area (Å²) < 4.78 is 0. The molecule has 78 valence electrons. The molecule has 0 amide bonds. The zero-order valence-corrected chi connectivity index (χ0v) is 6.63. The molecule has 13 heavy (non-hydrogen) atoms. The lowest BCUT2D eigenvalue weighted by molar-refractivity contribution is -0.176. The van der Waals surface area contributed by atoms with Crippen LogP contribution in [0.25, 0.3) is 0 Å². The van der Waals surface area contributed by atoms with E-state index in [2.05, 4.69) is 0 Å². The molecule has 0 aliphatic rings. The monoisotopic (exact) mass is 197 g/mol. The van der Waals surface area contributed by atoms with Crippen molar-refractivity contribution in [2.75, 3.05) is 0 Å². The molecule has 8 heteroatoms. The Morgan fingerprint density at radius 3 is 1.54 bits per heavy atom. The maximum absolute atomic E-state index is 10.2. The van der Waals surface area contributed by atoms with Crippen LogP contribution in [0.2, 0.25) is 0 Å². The van der Waals surface area contributed by atoms with Crippen molar-refractivity contribution in [3.05, 3.63) is 0 Å². The number of Topliss-reactive ketones (excluding diaryl/α,β-unsaturated/α-hetero) is 1. The standard InChI is InChI=1S/C5H6O5.H3N.H2O2/c6-3(5(9)10)1-2-4(7)8;;1-2/h1-2H2,(H,7,8)(H,9,10);1H3;1-2H. The van der Waals surface area contributed by atoms with Crippen molar-refractivity contribution in [3.8, 4) is 0 Å². The largest absolute Gasteiger partial charge is 0.481 e. The predicted octanol–water partition coefficient (Wildman–Crippen LogP) is -0.316. The van der Waals surface area contributed by atoms with Gasteiger partial charge in [0.05, 0.1) is 6.42 Å². The summed E-state index contributed by atoms with van der Waals surface area (Å²) in [5.74, 6) is -3.82. The lowest BCUT2D eigenvalue weighted by atomic mass is 10.2. The van der Waals surface area contributed by atoms with E-state index in [0.717, 1.165) is 0 Å². The molecular formula is C5H11NO7. The zero-order valence-electron chi connectivity index (χ0n) is 6.63. The highest BCUT2D eigenvalue weighted by molar-refractivity contribution is 6.32. The molecule has 0 heterocycles. The third-order valence-corrected chi connectivity index (χ3v) is 0.804. The van der Waals surface area contributed by atoms with E-state index in [4.69, 9.17) is 20.7 Å². The van der Waals surface area contributed by atoms with Gasteiger partial charge in [-0.05, 0) is 0 Å². The minimum absolute atomic E-state index is 0. The van der Waals surface area contributed by atoms with E-state index in [1.54, 1.807) is 0 Å². The molecule has 0 atom stereocenters. The van der Waals surface area contributed by atoms with E-state index in [9.17, 15) is 14.4 Å². The lowest BCUT2D eigenvalue weighted by Crippen LogP contribution is -2.13. The molecular weight excluding hydrogens is 186 g/mol. The maximum atomic E-state index is 10.2. The lowest BCUT2D eigenvalue weighted by Gasteiger charge is -1.88. The Labute approximate surface area is 72.9 Å². The average molecular weight is 197 g/mol. The summed E-state index contributed by atoms with van der Waals surface area (Å²) in [6, 6.07) is 0. The van der Waals surface area contributed by atoms with Crippen molar-refractivity contribution in [3.63, 3.8) is 0 Å². The molecule has 0 aliphatic carbocycles. The van der Waals surface area contributed by atoms with Crippen LogP contribution < -0.4 is 6.15 Å². The Balaban J connectivity index is -0.000000309. The molecule has 0 unspecified atom stereocenters. The number of carbonyl (C=O) groups is 3. The molecule has 0 rings (SSSR count). The Morgan fingerprint density at radius 2 is 1.31 bits per heavy atom. The Morgan fingerprint density at radius 1 is 0.923 bits per heavy atom. The van der Waals surface area contributed by atoms with Gasteiger partial charge in [-0.1, -0.05) is 0 Å². The van der Waals surface area contributed by atoms with Gasteiger partial charge in [0.1, 0.15) is 0 Å². The molecule has 0 saturated heterocycles. The Hall–Kier alpha value is -1.51. The zero-order chi connectivity index (χ0) is 10.1. The van der Waals surface area contributed by atoms with Crippen LogP contribution in [-0.2, 0) is 14.4 Å². The molecule has 0 bridgehead atoms. The third-order valence-electron chi connectivity index (χ3n) is 0.804. The van der Waals surface area contributed by atoms with Crippen LogP contribution in [0.1, 0.15) is 12.8 Å². The molecule has 0 aromatic heterocycles.